The van der Waals surface area contributed by atoms with Gasteiger partial charge in [0.05, 0.1) is 6.54 Å². The average molecular weight is 275 g/mol. The number of nitrogens with zero attached hydrogens (tertiary/aromatic N) is 2. The van der Waals surface area contributed by atoms with Gasteiger partial charge in [-0.15, -0.1) is 11.3 Å². The third-order valence-electron chi connectivity index (χ3n) is 3.78. The monoisotopic (exact) mass is 275 g/mol. The molecule has 3 rings (SSSR count). The average Bonchev–Trinajstić information content (AvgIpc) is 3.01. The summed E-state index contributed by atoms with van der Waals surface area (Å²) in [6.07, 6.45) is 10.6. The molecule has 19 heavy (non-hydrogen) atoms. The van der Waals surface area contributed by atoms with Crippen molar-refractivity contribution in [2.75, 3.05) is 5.32 Å². The van der Waals surface area contributed by atoms with Gasteiger partial charge in [0.2, 0.25) is 5.95 Å². The van der Waals surface area contributed by atoms with Crippen LogP contribution in [0.15, 0.2) is 24.5 Å². The summed E-state index contributed by atoms with van der Waals surface area (Å²) in [7, 11) is 0. The minimum absolute atomic E-state index is 0.611. The summed E-state index contributed by atoms with van der Waals surface area (Å²) in [5.74, 6) is 1.03. The molecule has 2 heterocycles. The van der Waals surface area contributed by atoms with E-state index in [1.54, 1.807) is 0 Å². The first-order chi connectivity index (χ1) is 9.31. The van der Waals surface area contributed by atoms with E-state index >= 15 is 0 Å². The molecule has 2 aromatic heterocycles. The van der Waals surface area contributed by atoms with Gasteiger partial charge in [0.1, 0.15) is 0 Å². The highest BCUT2D eigenvalue weighted by atomic mass is 32.1. The van der Waals surface area contributed by atoms with Crippen LogP contribution in [-0.4, -0.2) is 15.6 Å². The predicted molar refractivity (Wildman–Crippen MR) is 80.9 cm³/mol. The van der Waals surface area contributed by atoms with E-state index in [-0.39, 0.29) is 0 Å². The first kappa shape index (κ1) is 12.7. The lowest BCUT2D eigenvalue weighted by atomic mass is 9.96. The highest BCUT2D eigenvalue weighted by Crippen LogP contribution is 2.22. The summed E-state index contributed by atoms with van der Waals surface area (Å²) in [6, 6.07) is 5.01. The smallest absolute Gasteiger partial charge is 0.203 e. The number of hydrogen-bond donors (Lipinski definition) is 1. The zero-order valence-electron chi connectivity index (χ0n) is 11.4. The number of hydrogen-bond acceptors (Lipinski definition) is 3. The molecule has 0 unspecified atom stereocenters. The fourth-order valence-corrected chi connectivity index (χ4v) is 3.63. The number of nitrogens with one attached hydrogen (secondary N) is 1. The zero-order chi connectivity index (χ0) is 13.1. The summed E-state index contributed by atoms with van der Waals surface area (Å²) < 4.78 is 2.22. The molecule has 0 saturated heterocycles. The molecule has 1 aliphatic rings. The normalized spacial score (nSPS) is 16.7. The molecule has 0 atom stereocenters. The minimum Gasteiger partial charge on any atom is -0.353 e. The molecule has 0 aliphatic heterocycles. The number of anilines is 1. The van der Waals surface area contributed by atoms with Crippen molar-refractivity contribution in [3.05, 3.63) is 34.3 Å². The first-order valence-electron chi connectivity index (χ1n) is 7.14. The maximum Gasteiger partial charge on any atom is 0.203 e. The largest absolute Gasteiger partial charge is 0.353 e. The Kier molecular flexibility index (Phi) is 3.87. The molecule has 1 saturated carbocycles. The Labute approximate surface area is 118 Å². The molecule has 3 nitrogen and oxygen atoms in total. The number of imidazole rings is 1. The van der Waals surface area contributed by atoms with Crippen LogP contribution < -0.4 is 5.32 Å². The number of rotatable bonds is 4. The molecule has 102 valence electrons. The van der Waals surface area contributed by atoms with E-state index < -0.39 is 0 Å². The minimum atomic E-state index is 0.611. The summed E-state index contributed by atoms with van der Waals surface area (Å²) in [5, 5.41) is 3.61. The zero-order valence-corrected chi connectivity index (χ0v) is 12.2. The van der Waals surface area contributed by atoms with Gasteiger partial charge < -0.3 is 9.88 Å². The maximum atomic E-state index is 4.47. The van der Waals surface area contributed by atoms with Gasteiger partial charge in [-0.25, -0.2) is 4.98 Å². The molecule has 0 amide bonds. The fraction of sp³-hybridized carbons (Fsp3) is 0.533. The molecule has 4 heteroatoms. The van der Waals surface area contributed by atoms with Crippen molar-refractivity contribution in [3.8, 4) is 0 Å². The highest BCUT2D eigenvalue weighted by Gasteiger charge is 2.15. The Morgan fingerprint density at radius 1 is 1.32 bits per heavy atom. The standard InChI is InChI=1S/C15H21N3S/c1-12-7-8-14(19-12)11-18-10-9-16-15(18)17-13-5-3-2-4-6-13/h7-10,13H,2-6,11H2,1H3,(H,16,17). The van der Waals surface area contributed by atoms with Crippen molar-refractivity contribution in [1.82, 2.24) is 9.55 Å². The summed E-state index contributed by atoms with van der Waals surface area (Å²) in [6.45, 7) is 3.08. The van der Waals surface area contributed by atoms with Gasteiger partial charge in [-0.3, -0.25) is 0 Å². The van der Waals surface area contributed by atoms with Gasteiger partial charge in [0.15, 0.2) is 0 Å². The predicted octanol–water partition coefficient (Wildman–Crippen LogP) is 4.05. The second kappa shape index (κ2) is 5.78. The van der Waals surface area contributed by atoms with E-state index in [0.717, 1.165) is 12.5 Å². The van der Waals surface area contributed by atoms with Crippen LogP contribution in [-0.2, 0) is 6.54 Å². The van der Waals surface area contributed by atoms with Crippen molar-refractivity contribution in [2.24, 2.45) is 0 Å². The molecule has 0 spiro atoms. The van der Waals surface area contributed by atoms with Crippen LogP contribution in [0.5, 0.6) is 0 Å². The molecular weight excluding hydrogens is 254 g/mol. The van der Waals surface area contributed by atoms with Gasteiger partial charge in [-0.1, -0.05) is 19.3 Å². The maximum absolute atomic E-state index is 4.47. The van der Waals surface area contributed by atoms with Gasteiger partial charge in [-0.2, -0.15) is 0 Å². The van der Waals surface area contributed by atoms with Gasteiger partial charge in [0.25, 0.3) is 0 Å². The molecule has 2 aromatic rings. The topological polar surface area (TPSA) is 29.9 Å². The van der Waals surface area contributed by atoms with Crippen LogP contribution in [0.4, 0.5) is 5.95 Å². The molecule has 1 N–H and O–H groups in total. The van der Waals surface area contributed by atoms with Gasteiger partial charge in [0, 0.05) is 28.2 Å². The van der Waals surface area contributed by atoms with Crippen molar-refractivity contribution in [2.45, 2.75) is 51.6 Å². The quantitative estimate of drug-likeness (QED) is 0.912. The van der Waals surface area contributed by atoms with Crippen LogP contribution in [0.2, 0.25) is 0 Å². The van der Waals surface area contributed by atoms with E-state index in [4.69, 9.17) is 0 Å². The second-order valence-electron chi connectivity index (χ2n) is 5.37. The van der Waals surface area contributed by atoms with Crippen LogP contribution in [0.25, 0.3) is 0 Å². The fourth-order valence-electron chi connectivity index (χ4n) is 2.74. The number of thiophene rings is 1. The van der Waals surface area contributed by atoms with Gasteiger partial charge in [-0.05, 0) is 31.9 Å². The SMILES string of the molecule is Cc1ccc(Cn2ccnc2NC2CCCCC2)s1. The van der Waals surface area contributed by atoms with E-state index in [2.05, 4.69) is 40.1 Å². The lowest BCUT2D eigenvalue weighted by Crippen LogP contribution is -2.24. The van der Waals surface area contributed by atoms with Crippen molar-refractivity contribution >= 4 is 17.3 Å². The Hall–Kier alpha value is -1.29. The van der Waals surface area contributed by atoms with E-state index in [1.165, 1.54) is 41.9 Å². The summed E-state index contributed by atoms with van der Waals surface area (Å²) in [4.78, 5) is 7.23. The summed E-state index contributed by atoms with van der Waals surface area (Å²) >= 11 is 1.86. The molecule has 0 aromatic carbocycles. The van der Waals surface area contributed by atoms with E-state index in [9.17, 15) is 0 Å². The lowest BCUT2D eigenvalue weighted by Gasteiger charge is -2.23. The third-order valence-corrected chi connectivity index (χ3v) is 4.76. The van der Waals surface area contributed by atoms with Crippen molar-refractivity contribution in [3.63, 3.8) is 0 Å². The van der Waals surface area contributed by atoms with Crippen LogP contribution >= 0.6 is 11.3 Å². The Balaban J connectivity index is 1.67. The molecule has 1 aliphatic carbocycles. The van der Waals surface area contributed by atoms with Crippen molar-refractivity contribution in [1.29, 1.82) is 0 Å². The molecular formula is C15H21N3S. The second-order valence-corrected chi connectivity index (χ2v) is 6.74. The molecule has 0 radical (unpaired) electrons. The highest BCUT2D eigenvalue weighted by molar-refractivity contribution is 7.11. The van der Waals surface area contributed by atoms with E-state index in [0.29, 0.717) is 6.04 Å². The van der Waals surface area contributed by atoms with Crippen molar-refractivity contribution < 1.29 is 0 Å². The third kappa shape index (κ3) is 3.18. The first-order valence-corrected chi connectivity index (χ1v) is 7.96. The van der Waals surface area contributed by atoms with E-state index in [1.807, 2.05) is 17.5 Å². The number of aryl methyl sites for hydroxylation is 1. The molecule has 1 fully saturated rings. The summed E-state index contributed by atoms with van der Waals surface area (Å²) in [5.41, 5.74) is 0. The Morgan fingerprint density at radius 3 is 2.89 bits per heavy atom. The number of aromatic nitrogens is 2. The lowest BCUT2D eigenvalue weighted by molar-refractivity contribution is 0.459. The Morgan fingerprint density at radius 2 is 2.16 bits per heavy atom. The van der Waals surface area contributed by atoms with Crippen LogP contribution in [0.3, 0.4) is 0 Å². The van der Waals surface area contributed by atoms with Gasteiger partial charge >= 0.3 is 0 Å². The molecule has 0 bridgehead atoms. The Bertz CT molecular complexity index is 523. The van der Waals surface area contributed by atoms with Crippen LogP contribution in [0.1, 0.15) is 41.9 Å². The van der Waals surface area contributed by atoms with Crippen LogP contribution in [0, 0.1) is 6.92 Å².